The van der Waals surface area contributed by atoms with E-state index in [0.717, 1.165) is 4.88 Å². The number of rotatable bonds is 4. The van der Waals surface area contributed by atoms with E-state index in [1.54, 1.807) is 22.3 Å². The summed E-state index contributed by atoms with van der Waals surface area (Å²) in [5.41, 5.74) is -0.768. The summed E-state index contributed by atoms with van der Waals surface area (Å²) in [5, 5.41) is 12.4. The van der Waals surface area contributed by atoms with E-state index >= 15 is 0 Å². The smallest absolute Gasteiger partial charge is 0.246 e. The fraction of sp³-hybridized carbons (Fsp3) is 0.500. The third-order valence-electron chi connectivity index (χ3n) is 3.19. The molecule has 0 aromatic carbocycles. The van der Waals surface area contributed by atoms with Gasteiger partial charge in [-0.3, -0.25) is 4.79 Å². The fourth-order valence-electron chi connectivity index (χ4n) is 2.41. The number of carbonyl (C=O) groups excluding carboxylic acids is 1. The second-order valence-corrected chi connectivity index (χ2v) is 6.30. The van der Waals surface area contributed by atoms with E-state index in [1.165, 1.54) is 0 Å². The molecular formula is C14H20N2O2S. The second-order valence-electron chi connectivity index (χ2n) is 5.32. The van der Waals surface area contributed by atoms with Crippen molar-refractivity contribution in [1.82, 2.24) is 9.80 Å². The van der Waals surface area contributed by atoms with Gasteiger partial charge in [0.15, 0.2) is 0 Å². The zero-order chi connectivity index (χ0) is 13.9. The molecule has 1 amide bonds. The summed E-state index contributed by atoms with van der Waals surface area (Å²) in [6, 6.07) is 3.93. The minimum atomic E-state index is -0.768. The summed E-state index contributed by atoms with van der Waals surface area (Å²) >= 11 is 1.60. The number of β-amino-alcohol motifs (C(OH)–C–C–N with tert-alkyl or cyclic N) is 1. The highest BCUT2D eigenvalue weighted by Gasteiger charge is 2.37. The lowest BCUT2D eigenvalue weighted by molar-refractivity contribution is -0.126. The molecule has 4 nitrogen and oxygen atoms in total. The van der Waals surface area contributed by atoms with Crippen LogP contribution in [0.25, 0.3) is 6.08 Å². The van der Waals surface area contributed by atoms with Gasteiger partial charge in [0.1, 0.15) is 0 Å². The standard InChI is InChI=1S/C14H20N2O2S/c1-15(2)10-14(18)7-8-16(11-14)13(17)6-5-12-4-3-9-19-12/h3-6,9,18H,7-8,10-11H2,1-2H3/b6-5+/t14-/m1/s1. The Morgan fingerprint density at radius 1 is 1.63 bits per heavy atom. The molecule has 1 aromatic heterocycles. The molecule has 1 fully saturated rings. The summed E-state index contributed by atoms with van der Waals surface area (Å²) in [5.74, 6) is -0.0249. The van der Waals surface area contributed by atoms with Crippen LogP contribution in [-0.2, 0) is 4.79 Å². The number of carbonyl (C=O) groups is 1. The van der Waals surface area contributed by atoms with E-state index in [2.05, 4.69) is 0 Å². The van der Waals surface area contributed by atoms with E-state index in [0.29, 0.717) is 26.1 Å². The van der Waals surface area contributed by atoms with Crippen LogP contribution in [0.2, 0.25) is 0 Å². The molecule has 0 saturated carbocycles. The molecular weight excluding hydrogens is 260 g/mol. The van der Waals surface area contributed by atoms with Crippen LogP contribution in [0.1, 0.15) is 11.3 Å². The van der Waals surface area contributed by atoms with Crippen molar-refractivity contribution in [2.45, 2.75) is 12.0 Å². The van der Waals surface area contributed by atoms with Gasteiger partial charge in [0.05, 0.1) is 12.1 Å². The lowest BCUT2D eigenvalue weighted by Crippen LogP contribution is -2.43. The largest absolute Gasteiger partial charge is 0.387 e. The monoisotopic (exact) mass is 280 g/mol. The molecule has 1 aromatic rings. The number of thiophene rings is 1. The quantitative estimate of drug-likeness (QED) is 0.845. The molecule has 19 heavy (non-hydrogen) atoms. The molecule has 2 heterocycles. The van der Waals surface area contributed by atoms with Crippen molar-refractivity contribution in [3.63, 3.8) is 0 Å². The first-order valence-corrected chi connectivity index (χ1v) is 7.24. The van der Waals surface area contributed by atoms with Gasteiger partial charge in [-0.2, -0.15) is 0 Å². The van der Waals surface area contributed by atoms with Crippen LogP contribution in [0.3, 0.4) is 0 Å². The van der Waals surface area contributed by atoms with Crippen molar-refractivity contribution < 1.29 is 9.90 Å². The Balaban J connectivity index is 1.91. The summed E-state index contributed by atoms with van der Waals surface area (Å²) in [7, 11) is 3.86. The summed E-state index contributed by atoms with van der Waals surface area (Å²) in [4.78, 5) is 16.8. The van der Waals surface area contributed by atoms with Gasteiger partial charge in [0.25, 0.3) is 0 Å². The Bertz CT molecular complexity index is 456. The van der Waals surface area contributed by atoms with Gasteiger partial charge in [-0.15, -0.1) is 11.3 Å². The topological polar surface area (TPSA) is 43.8 Å². The van der Waals surface area contributed by atoms with Crippen molar-refractivity contribution in [2.75, 3.05) is 33.7 Å². The number of amides is 1. The van der Waals surface area contributed by atoms with Crippen LogP contribution in [0.5, 0.6) is 0 Å². The molecule has 0 bridgehead atoms. The Morgan fingerprint density at radius 2 is 2.42 bits per heavy atom. The number of hydrogen-bond acceptors (Lipinski definition) is 4. The lowest BCUT2D eigenvalue weighted by atomic mass is 10.0. The van der Waals surface area contributed by atoms with Gasteiger partial charge in [0.2, 0.25) is 5.91 Å². The first kappa shape index (κ1) is 14.2. The Hall–Kier alpha value is -1.17. The van der Waals surface area contributed by atoms with Crippen LogP contribution in [-0.4, -0.2) is 60.1 Å². The van der Waals surface area contributed by atoms with Gasteiger partial charge in [0, 0.05) is 24.0 Å². The predicted molar refractivity (Wildman–Crippen MR) is 78.1 cm³/mol. The number of hydrogen-bond donors (Lipinski definition) is 1. The maximum atomic E-state index is 12.0. The van der Waals surface area contributed by atoms with E-state index in [-0.39, 0.29) is 5.91 Å². The SMILES string of the molecule is CN(C)C[C@]1(O)CCN(C(=O)/C=C/c2cccs2)C1. The third-order valence-corrected chi connectivity index (χ3v) is 4.03. The molecule has 0 aliphatic carbocycles. The van der Waals surface area contributed by atoms with Gasteiger partial charge >= 0.3 is 0 Å². The highest BCUT2D eigenvalue weighted by molar-refractivity contribution is 7.10. The third kappa shape index (κ3) is 3.89. The molecule has 1 aliphatic rings. The lowest BCUT2D eigenvalue weighted by Gasteiger charge is -2.26. The van der Waals surface area contributed by atoms with Crippen LogP contribution in [0.4, 0.5) is 0 Å². The molecule has 1 atom stereocenters. The first-order valence-electron chi connectivity index (χ1n) is 6.36. The Labute approximate surface area is 118 Å². The van der Waals surface area contributed by atoms with Crippen LogP contribution in [0.15, 0.2) is 23.6 Å². The van der Waals surface area contributed by atoms with Gasteiger partial charge < -0.3 is 14.9 Å². The normalized spacial score (nSPS) is 23.7. The minimum absolute atomic E-state index is 0.0249. The van der Waals surface area contributed by atoms with Crippen LogP contribution in [0, 0.1) is 0 Å². The molecule has 104 valence electrons. The van der Waals surface area contributed by atoms with Gasteiger partial charge in [-0.1, -0.05) is 6.07 Å². The maximum Gasteiger partial charge on any atom is 0.246 e. The van der Waals surface area contributed by atoms with Crippen molar-refractivity contribution in [2.24, 2.45) is 0 Å². The zero-order valence-electron chi connectivity index (χ0n) is 11.4. The van der Waals surface area contributed by atoms with Crippen LogP contribution < -0.4 is 0 Å². The number of likely N-dealkylation sites (N-methyl/N-ethyl adjacent to an activating group) is 1. The van der Waals surface area contributed by atoms with Gasteiger partial charge in [-0.25, -0.2) is 0 Å². The van der Waals surface area contributed by atoms with Crippen molar-refractivity contribution >= 4 is 23.3 Å². The fourth-order valence-corrected chi connectivity index (χ4v) is 3.03. The average molecular weight is 280 g/mol. The summed E-state index contributed by atoms with van der Waals surface area (Å²) in [6.45, 7) is 1.63. The Morgan fingerprint density at radius 3 is 3.05 bits per heavy atom. The van der Waals surface area contributed by atoms with Crippen molar-refractivity contribution in [1.29, 1.82) is 0 Å². The molecule has 1 saturated heterocycles. The molecule has 1 aliphatic heterocycles. The van der Waals surface area contributed by atoms with Crippen molar-refractivity contribution in [3.8, 4) is 0 Å². The van der Waals surface area contributed by atoms with Gasteiger partial charge in [-0.05, 0) is 38.0 Å². The van der Waals surface area contributed by atoms with E-state index in [1.807, 2.05) is 42.6 Å². The van der Waals surface area contributed by atoms with E-state index in [9.17, 15) is 9.90 Å². The average Bonchev–Trinajstić information content (AvgIpc) is 2.94. The summed E-state index contributed by atoms with van der Waals surface area (Å²) in [6.07, 6.45) is 4.06. The molecule has 0 spiro atoms. The number of aliphatic hydroxyl groups is 1. The first-order chi connectivity index (χ1) is 8.98. The highest BCUT2D eigenvalue weighted by Crippen LogP contribution is 2.22. The summed E-state index contributed by atoms with van der Waals surface area (Å²) < 4.78 is 0. The molecule has 1 N–H and O–H groups in total. The number of nitrogens with zero attached hydrogens (tertiary/aromatic N) is 2. The zero-order valence-corrected chi connectivity index (χ0v) is 12.2. The van der Waals surface area contributed by atoms with E-state index < -0.39 is 5.60 Å². The second kappa shape index (κ2) is 5.86. The van der Waals surface area contributed by atoms with E-state index in [4.69, 9.17) is 0 Å². The van der Waals surface area contributed by atoms with Crippen molar-refractivity contribution in [3.05, 3.63) is 28.5 Å². The minimum Gasteiger partial charge on any atom is -0.387 e. The maximum absolute atomic E-state index is 12.0. The van der Waals surface area contributed by atoms with Crippen LogP contribution >= 0.6 is 11.3 Å². The molecule has 0 radical (unpaired) electrons. The molecule has 2 rings (SSSR count). The molecule has 5 heteroatoms. The number of likely N-dealkylation sites (tertiary alicyclic amines) is 1. The Kier molecular flexibility index (Phi) is 4.39. The molecule has 0 unspecified atom stereocenters. The predicted octanol–water partition coefficient (Wildman–Crippen LogP) is 1.29. The highest BCUT2D eigenvalue weighted by atomic mass is 32.1.